The summed E-state index contributed by atoms with van der Waals surface area (Å²) in [6, 6.07) is 2.12. The molecule has 2 rings (SSSR count). The minimum Gasteiger partial charge on any atom is -0.393 e. The molecule has 0 aromatic carbocycles. The maximum Gasteiger partial charge on any atom is 0.100 e. The van der Waals surface area contributed by atoms with Crippen molar-refractivity contribution in [3.05, 3.63) is 11.4 Å². The van der Waals surface area contributed by atoms with E-state index in [0.29, 0.717) is 25.3 Å². The van der Waals surface area contributed by atoms with E-state index in [0.717, 1.165) is 11.4 Å². The van der Waals surface area contributed by atoms with Crippen molar-refractivity contribution in [1.82, 2.24) is 15.0 Å². The number of aryl methyl sites for hydroxylation is 1. The Morgan fingerprint density at radius 2 is 2.38 bits per heavy atom. The number of hydrogen-bond acceptors (Lipinski definition) is 4. The standard InChI is InChI=1S/C11H16N4O/c1-8(16)5-7-15-11(9-2-3-9)10(4-6-12)13-14-15/h8-9,16H,2-5,7H2,1H3. The fourth-order valence-electron chi connectivity index (χ4n) is 1.83. The summed E-state index contributed by atoms with van der Waals surface area (Å²) in [6.07, 6.45) is 3.02. The number of nitrogens with zero attached hydrogens (tertiary/aromatic N) is 4. The predicted molar refractivity (Wildman–Crippen MR) is 57.6 cm³/mol. The summed E-state index contributed by atoms with van der Waals surface area (Å²) >= 11 is 0. The van der Waals surface area contributed by atoms with E-state index in [-0.39, 0.29) is 6.10 Å². The van der Waals surface area contributed by atoms with Gasteiger partial charge in [0.25, 0.3) is 0 Å². The molecule has 5 nitrogen and oxygen atoms in total. The Balaban J connectivity index is 2.14. The van der Waals surface area contributed by atoms with Crippen molar-refractivity contribution in [3.8, 4) is 6.07 Å². The van der Waals surface area contributed by atoms with E-state index < -0.39 is 0 Å². The van der Waals surface area contributed by atoms with Gasteiger partial charge in [0.1, 0.15) is 5.69 Å². The zero-order valence-corrected chi connectivity index (χ0v) is 9.43. The maximum atomic E-state index is 9.26. The molecule has 1 atom stereocenters. The van der Waals surface area contributed by atoms with Crippen LogP contribution in [-0.4, -0.2) is 26.2 Å². The molecule has 5 heteroatoms. The predicted octanol–water partition coefficient (Wildman–Crippen LogP) is 0.992. The number of aromatic nitrogens is 3. The fourth-order valence-corrected chi connectivity index (χ4v) is 1.83. The molecule has 1 unspecified atom stereocenters. The smallest absolute Gasteiger partial charge is 0.100 e. The molecule has 0 saturated heterocycles. The SMILES string of the molecule is CC(O)CCn1nnc(CC#N)c1C1CC1. The largest absolute Gasteiger partial charge is 0.393 e. The van der Waals surface area contributed by atoms with Gasteiger partial charge in [-0.15, -0.1) is 5.10 Å². The number of aliphatic hydroxyl groups is 1. The molecule has 1 aromatic heterocycles. The van der Waals surface area contributed by atoms with E-state index in [9.17, 15) is 5.11 Å². The Labute approximate surface area is 94.7 Å². The summed E-state index contributed by atoms with van der Waals surface area (Å²) in [5.41, 5.74) is 1.93. The summed E-state index contributed by atoms with van der Waals surface area (Å²) in [5.74, 6) is 0.535. The van der Waals surface area contributed by atoms with E-state index in [1.54, 1.807) is 6.92 Å². The van der Waals surface area contributed by atoms with Crippen molar-refractivity contribution in [1.29, 1.82) is 5.26 Å². The average molecular weight is 220 g/mol. The zero-order valence-electron chi connectivity index (χ0n) is 9.43. The van der Waals surface area contributed by atoms with Gasteiger partial charge < -0.3 is 5.11 Å². The third kappa shape index (κ3) is 2.39. The molecule has 0 aliphatic heterocycles. The molecular formula is C11H16N4O. The lowest BCUT2D eigenvalue weighted by Crippen LogP contribution is -2.11. The third-order valence-corrected chi connectivity index (χ3v) is 2.82. The minimum absolute atomic E-state index is 0.323. The van der Waals surface area contributed by atoms with Crippen LogP contribution in [0, 0.1) is 11.3 Å². The summed E-state index contributed by atoms with van der Waals surface area (Å²) in [5, 5.41) is 26.1. The highest BCUT2D eigenvalue weighted by atomic mass is 16.3. The molecule has 0 amide bonds. The normalized spacial score (nSPS) is 17.1. The molecule has 1 saturated carbocycles. The van der Waals surface area contributed by atoms with Crippen LogP contribution in [0.1, 0.15) is 43.5 Å². The van der Waals surface area contributed by atoms with Crippen LogP contribution >= 0.6 is 0 Å². The minimum atomic E-state index is -0.323. The van der Waals surface area contributed by atoms with Gasteiger partial charge in [0.15, 0.2) is 0 Å². The van der Waals surface area contributed by atoms with Gasteiger partial charge in [0.2, 0.25) is 0 Å². The molecule has 16 heavy (non-hydrogen) atoms. The molecule has 1 aromatic rings. The van der Waals surface area contributed by atoms with Gasteiger partial charge in [0.05, 0.1) is 24.3 Å². The van der Waals surface area contributed by atoms with Gasteiger partial charge in [0, 0.05) is 12.5 Å². The van der Waals surface area contributed by atoms with E-state index in [1.165, 1.54) is 12.8 Å². The van der Waals surface area contributed by atoms with Crippen molar-refractivity contribution in [2.45, 2.75) is 51.2 Å². The van der Waals surface area contributed by atoms with Crippen LogP contribution in [0.3, 0.4) is 0 Å². The first-order valence-electron chi connectivity index (χ1n) is 5.69. The highest BCUT2D eigenvalue weighted by Crippen LogP contribution is 2.41. The van der Waals surface area contributed by atoms with Gasteiger partial charge in [-0.2, -0.15) is 5.26 Å². The quantitative estimate of drug-likeness (QED) is 0.803. The molecule has 0 bridgehead atoms. The number of aliphatic hydroxyl groups excluding tert-OH is 1. The van der Waals surface area contributed by atoms with Crippen molar-refractivity contribution in [2.75, 3.05) is 0 Å². The molecule has 86 valence electrons. The van der Waals surface area contributed by atoms with E-state index in [2.05, 4.69) is 16.4 Å². The van der Waals surface area contributed by atoms with Gasteiger partial charge >= 0.3 is 0 Å². The van der Waals surface area contributed by atoms with Crippen LogP contribution in [0.2, 0.25) is 0 Å². The fraction of sp³-hybridized carbons (Fsp3) is 0.727. The molecule has 1 fully saturated rings. The molecule has 0 spiro atoms. The van der Waals surface area contributed by atoms with Crippen molar-refractivity contribution in [3.63, 3.8) is 0 Å². The van der Waals surface area contributed by atoms with Crippen LogP contribution in [0.4, 0.5) is 0 Å². The van der Waals surface area contributed by atoms with Crippen LogP contribution in [0.5, 0.6) is 0 Å². The highest BCUT2D eigenvalue weighted by Gasteiger charge is 2.31. The lowest BCUT2D eigenvalue weighted by atomic mass is 10.2. The lowest BCUT2D eigenvalue weighted by molar-refractivity contribution is 0.175. The summed E-state index contributed by atoms with van der Waals surface area (Å²) in [4.78, 5) is 0. The van der Waals surface area contributed by atoms with E-state index in [4.69, 9.17) is 5.26 Å². The zero-order chi connectivity index (χ0) is 11.5. The molecule has 1 N–H and O–H groups in total. The van der Waals surface area contributed by atoms with Gasteiger partial charge in [-0.25, -0.2) is 4.68 Å². The van der Waals surface area contributed by atoms with Crippen LogP contribution in [-0.2, 0) is 13.0 Å². The summed E-state index contributed by atoms with van der Waals surface area (Å²) in [6.45, 7) is 2.45. The van der Waals surface area contributed by atoms with Crippen LogP contribution in [0.25, 0.3) is 0 Å². The summed E-state index contributed by atoms with van der Waals surface area (Å²) in [7, 11) is 0. The van der Waals surface area contributed by atoms with Gasteiger partial charge in [-0.3, -0.25) is 0 Å². The first-order valence-corrected chi connectivity index (χ1v) is 5.69. The Kier molecular flexibility index (Phi) is 3.20. The second-order valence-corrected chi connectivity index (χ2v) is 4.39. The first-order chi connectivity index (χ1) is 7.72. The molecule has 1 aliphatic carbocycles. The van der Waals surface area contributed by atoms with E-state index >= 15 is 0 Å². The average Bonchev–Trinajstić information content (AvgIpc) is 2.99. The number of rotatable bonds is 5. The molecule has 0 radical (unpaired) electrons. The Hall–Kier alpha value is -1.41. The Morgan fingerprint density at radius 1 is 1.62 bits per heavy atom. The van der Waals surface area contributed by atoms with Crippen LogP contribution in [0.15, 0.2) is 0 Å². The van der Waals surface area contributed by atoms with Gasteiger partial charge in [-0.1, -0.05) is 5.21 Å². The molecule has 1 aliphatic rings. The van der Waals surface area contributed by atoms with Crippen LogP contribution < -0.4 is 0 Å². The van der Waals surface area contributed by atoms with Crippen molar-refractivity contribution < 1.29 is 5.11 Å². The van der Waals surface area contributed by atoms with Gasteiger partial charge in [-0.05, 0) is 26.2 Å². The van der Waals surface area contributed by atoms with E-state index in [1.807, 2.05) is 4.68 Å². The Morgan fingerprint density at radius 3 is 2.94 bits per heavy atom. The first kappa shape index (κ1) is 11.1. The Bertz CT molecular complexity index is 401. The highest BCUT2D eigenvalue weighted by molar-refractivity contribution is 5.22. The third-order valence-electron chi connectivity index (χ3n) is 2.82. The molecular weight excluding hydrogens is 204 g/mol. The lowest BCUT2D eigenvalue weighted by Gasteiger charge is -2.07. The summed E-state index contributed by atoms with van der Waals surface area (Å²) < 4.78 is 1.86. The number of nitriles is 1. The second-order valence-electron chi connectivity index (χ2n) is 4.39. The maximum absolute atomic E-state index is 9.26. The second kappa shape index (κ2) is 4.62. The number of hydrogen-bond donors (Lipinski definition) is 1. The van der Waals surface area contributed by atoms with Crippen molar-refractivity contribution >= 4 is 0 Å². The molecule has 1 heterocycles. The van der Waals surface area contributed by atoms with Crippen molar-refractivity contribution in [2.24, 2.45) is 0 Å². The topological polar surface area (TPSA) is 74.7 Å². The monoisotopic (exact) mass is 220 g/mol.